The number of aliphatic hydroxyl groups is 1. The van der Waals surface area contributed by atoms with E-state index in [1.807, 2.05) is 34.5 Å². The number of hydrogen-bond donors (Lipinski definition) is 1. The summed E-state index contributed by atoms with van der Waals surface area (Å²) in [5.74, 6) is 0.145. The van der Waals surface area contributed by atoms with Crippen LogP contribution in [0.25, 0.3) is 0 Å². The number of carbonyl (C=O) groups excluding carboxylic acids is 1. The van der Waals surface area contributed by atoms with E-state index in [1.54, 1.807) is 23.7 Å². The van der Waals surface area contributed by atoms with Crippen LogP contribution in [0.4, 0.5) is 0 Å². The van der Waals surface area contributed by atoms with Crippen LogP contribution < -0.4 is 0 Å². The zero-order valence-corrected chi connectivity index (χ0v) is 13.2. The Bertz CT molecular complexity index is 600. The molecular formula is C17H20N2O2S. The minimum absolute atomic E-state index is 0.145. The normalized spacial score (nSPS) is 19.3. The molecule has 0 saturated carbocycles. The van der Waals surface area contributed by atoms with Crippen LogP contribution in [-0.4, -0.2) is 33.5 Å². The quantitative estimate of drug-likeness (QED) is 0.923. The van der Waals surface area contributed by atoms with Crippen molar-refractivity contribution >= 4 is 17.2 Å². The highest BCUT2D eigenvalue weighted by molar-refractivity contribution is 7.10. The number of rotatable bonds is 5. The number of amides is 1. The van der Waals surface area contributed by atoms with Gasteiger partial charge >= 0.3 is 0 Å². The van der Waals surface area contributed by atoms with Gasteiger partial charge in [-0.2, -0.15) is 0 Å². The Morgan fingerprint density at radius 2 is 2.23 bits per heavy atom. The van der Waals surface area contributed by atoms with Gasteiger partial charge in [0, 0.05) is 29.9 Å². The van der Waals surface area contributed by atoms with Crippen molar-refractivity contribution in [2.45, 2.75) is 37.8 Å². The summed E-state index contributed by atoms with van der Waals surface area (Å²) in [6, 6.07) is 7.80. The molecule has 1 saturated heterocycles. The van der Waals surface area contributed by atoms with E-state index in [9.17, 15) is 9.90 Å². The highest BCUT2D eigenvalue weighted by Gasteiger charge is 2.30. The fraction of sp³-hybridized carbons (Fsp3) is 0.412. The maximum Gasteiger partial charge on any atom is 0.227 e. The Hall–Kier alpha value is -1.72. The van der Waals surface area contributed by atoms with Crippen LogP contribution in [-0.2, 0) is 11.2 Å². The van der Waals surface area contributed by atoms with Crippen LogP contribution in [0.1, 0.15) is 35.8 Å². The van der Waals surface area contributed by atoms with E-state index < -0.39 is 6.10 Å². The second-order valence-electron chi connectivity index (χ2n) is 5.68. The third-order valence-electron chi connectivity index (χ3n) is 4.17. The van der Waals surface area contributed by atoms with Crippen LogP contribution >= 0.6 is 11.3 Å². The van der Waals surface area contributed by atoms with E-state index in [0.29, 0.717) is 12.8 Å². The smallest absolute Gasteiger partial charge is 0.227 e. The highest BCUT2D eigenvalue weighted by atomic mass is 32.1. The van der Waals surface area contributed by atoms with E-state index in [2.05, 4.69) is 4.98 Å². The van der Waals surface area contributed by atoms with Gasteiger partial charge in [-0.15, -0.1) is 11.3 Å². The van der Waals surface area contributed by atoms with Gasteiger partial charge in [0.1, 0.15) is 0 Å². The standard InChI is InChI=1S/C17H20N2O2S/c20-15(16-4-2-10-22-16)12-14-3-1-9-19(14)17(21)11-13-5-7-18-8-6-13/h2,4-8,10,14-15,20H,1,3,9,11-12H2. The summed E-state index contributed by atoms with van der Waals surface area (Å²) in [6.45, 7) is 0.797. The molecule has 1 aliphatic rings. The molecular weight excluding hydrogens is 296 g/mol. The van der Waals surface area contributed by atoms with Gasteiger partial charge in [-0.3, -0.25) is 9.78 Å². The van der Waals surface area contributed by atoms with E-state index >= 15 is 0 Å². The van der Waals surface area contributed by atoms with Crippen LogP contribution in [0.5, 0.6) is 0 Å². The fourth-order valence-corrected chi connectivity index (χ4v) is 3.77. The maximum absolute atomic E-state index is 12.5. The topological polar surface area (TPSA) is 53.4 Å². The Morgan fingerprint density at radius 1 is 1.41 bits per heavy atom. The number of aliphatic hydroxyl groups excluding tert-OH is 1. The molecule has 22 heavy (non-hydrogen) atoms. The van der Waals surface area contributed by atoms with E-state index in [4.69, 9.17) is 0 Å². The Labute approximate surface area is 134 Å². The molecule has 0 spiro atoms. The van der Waals surface area contributed by atoms with Gasteiger partial charge in [-0.25, -0.2) is 0 Å². The van der Waals surface area contributed by atoms with Gasteiger partial charge < -0.3 is 10.0 Å². The van der Waals surface area contributed by atoms with Crippen molar-refractivity contribution < 1.29 is 9.90 Å². The van der Waals surface area contributed by atoms with Crippen LogP contribution in [0, 0.1) is 0 Å². The Balaban J connectivity index is 1.61. The number of nitrogens with zero attached hydrogens (tertiary/aromatic N) is 2. The third-order valence-corrected chi connectivity index (χ3v) is 5.14. The summed E-state index contributed by atoms with van der Waals surface area (Å²) in [6.07, 6.45) is 5.99. The van der Waals surface area contributed by atoms with Crippen molar-refractivity contribution in [3.8, 4) is 0 Å². The molecule has 2 aromatic heterocycles. The van der Waals surface area contributed by atoms with Crippen LogP contribution in [0.3, 0.4) is 0 Å². The summed E-state index contributed by atoms with van der Waals surface area (Å²) < 4.78 is 0. The SMILES string of the molecule is O=C(Cc1ccncc1)N1CCCC1CC(O)c1cccs1. The molecule has 4 nitrogen and oxygen atoms in total. The number of likely N-dealkylation sites (tertiary alicyclic amines) is 1. The second-order valence-corrected chi connectivity index (χ2v) is 6.66. The molecule has 116 valence electrons. The number of hydrogen-bond acceptors (Lipinski definition) is 4. The van der Waals surface area contributed by atoms with Crippen molar-refractivity contribution in [2.24, 2.45) is 0 Å². The number of aromatic nitrogens is 1. The largest absolute Gasteiger partial charge is 0.387 e. The van der Waals surface area contributed by atoms with Crippen LogP contribution in [0.15, 0.2) is 42.0 Å². The molecule has 1 fully saturated rings. The highest BCUT2D eigenvalue weighted by Crippen LogP contribution is 2.29. The molecule has 2 aromatic rings. The first kappa shape index (κ1) is 15.2. The molecule has 0 radical (unpaired) electrons. The summed E-state index contributed by atoms with van der Waals surface area (Å²) >= 11 is 1.57. The molecule has 2 atom stereocenters. The number of carbonyl (C=O) groups is 1. The maximum atomic E-state index is 12.5. The van der Waals surface area contributed by atoms with E-state index in [0.717, 1.165) is 29.8 Å². The summed E-state index contributed by atoms with van der Waals surface area (Å²) in [7, 11) is 0. The fourth-order valence-electron chi connectivity index (χ4n) is 3.04. The average molecular weight is 316 g/mol. The van der Waals surface area contributed by atoms with Gasteiger partial charge in [0.15, 0.2) is 0 Å². The monoisotopic (exact) mass is 316 g/mol. The van der Waals surface area contributed by atoms with Gasteiger partial charge in [0.2, 0.25) is 5.91 Å². The molecule has 5 heteroatoms. The number of thiophene rings is 1. The average Bonchev–Trinajstić information content (AvgIpc) is 3.19. The molecule has 3 rings (SSSR count). The number of pyridine rings is 1. The molecule has 0 aromatic carbocycles. The van der Waals surface area contributed by atoms with E-state index in [1.165, 1.54) is 0 Å². The van der Waals surface area contributed by atoms with Crippen molar-refractivity contribution in [1.29, 1.82) is 0 Å². The third kappa shape index (κ3) is 3.54. The van der Waals surface area contributed by atoms with Gasteiger partial charge in [0.25, 0.3) is 0 Å². The molecule has 0 aliphatic carbocycles. The van der Waals surface area contributed by atoms with Crippen LogP contribution in [0.2, 0.25) is 0 Å². The molecule has 1 amide bonds. The van der Waals surface area contributed by atoms with Crippen molar-refractivity contribution in [3.63, 3.8) is 0 Å². The lowest BCUT2D eigenvalue weighted by atomic mass is 10.0. The van der Waals surface area contributed by atoms with Crippen molar-refractivity contribution in [1.82, 2.24) is 9.88 Å². The second kappa shape index (κ2) is 7.03. The Morgan fingerprint density at radius 3 is 2.95 bits per heavy atom. The molecule has 3 heterocycles. The zero-order valence-electron chi connectivity index (χ0n) is 12.4. The summed E-state index contributed by atoms with van der Waals surface area (Å²) in [5.41, 5.74) is 0.990. The predicted molar refractivity (Wildman–Crippen MR) is 86.6 cm³/mol. The van der Waals surface area contributed by atoms with Gasteiger partial charge in [-0.1, -0.05) is 6.07 Å². The molecule has 1 N–H and O–H groups in total. The van der Waals surface area contributed by atoms with Gasteiger partial charge in [0.05, 0.1) is 12.5 Å². The first-order chi connectivity index (χ1) is 10.7. The van der Waals surface area contributed by atoms with Crippen molar-refractivity contribution in [3.05, 3.63) is 52.5 Å². The Kier molecular flexibility index (Phi) is 4.85. The van der Waals surface area contributed by atoms with E-state index in [-0.39, 0.29) is 11.9 Å². The lowest BCUT2D eigenvalue weighted by Gasteiger charge is -2.26. The lowest BCUT2D eigenvalue weighted by Crippen LogP contribution is -2.37. The molecule has 0 bridgehead atoms. The molecule has 1 aliphatic heterocycles. The minimum Gasteiger partial charge on any atom is -0.387 e. The summed E-state index contributed by atoms with van der Waals surface area (Å²) in [5, 5.41) is 12.3. The van der Waals surface area contributed by atoms with Crippen molar-refractivity contribution in [2.75, 3.05) is 6.54 Å². The lowest BCUT2D eigenvalue weighted by molar-refractivity contribution is -0.131. The minimum atomic E-state index is -0.473. The summed E-state index contributed by atoms with van der Waals surface area (Å²) in [4.78, 5) is 19.4. The van der Waals surface area contributed by atoms with Gasteiger partial charge in [-0.05, 0) is 48.4 Å². The zero-order chi connectivity index (χ0) is 15.4. The predicted octanol–water partition coefficient (Wildman–Crippen LogP) is 2.80. The first-order valence-electron chi connectivity index (χ1n) is 7.64. The molecule has 2 unspecified atom stereocenters. The first-order valence-corrected chi connectivity index (χ1v) is 8.52.